The lowest BCUT2D eigenvalue weighted by Crippen LogP contribution is -2.18. The highest BCUT2D eigenvalue weighted by atomic mass is 16.6. The standard InChI is InChI=1S/C19H19NO6/c21-18(22)16-10-14(26-15-8-9-24-12-15)6-7-17(16)20-19(23)25-11-13-4-2-1-3-5-13/h1-7,10,15H,8-9,11-12H2,(H,20,23)(H,21,22). The molecule has 1 fully saturated rings. The average molecular weight is 357 g/mol. The summed E-state index contributed by atoms with van der Waals surface area (Å²) in [5.74, 6) is -0.752. The Morgan fingerprint density at radius 2 is 2.00 bits per heavy atom. The number of carboxylic acid groups (broad SMARTS) is 1. The van der Waals surface area contributed by atoms with E-state index >= 15 is 0 Å². The Kier molecular flexibility index (Phi) is 5.70. The van der Waals surface area contributed by atoms with E-state index in [1.165, 1.54) is 12.1 Å². The highest BCUT2D eigenvalue weighted by molar-refractivity contribution is 5.99. The fourth-order valence-electron chi connectivity index (χ4n) is 2.55. The van der Waals surface area contributed by atoms with E-state index in [1.54, 1.807) is 6.07 Å². The summed E-state index contributed by atoms with van der Waals surface area (Å²) in [5, 5.41) is 11.9. The van der Waals surface area contributed by atoms with Crippen LogP contribution in [-0.2, 0) is 16.1 Å². The molecule has 2 aromatic rings. The van der Waals surface area contributed by atoms with Crippen molar-refractivity contribution in [3.8, 4) is 5.75 Å². The highest BCUT2D eigenvalue weighted by Gasteiger charge is 2.19. The third-order valence-corrected chi connectivity index (χ3v) is 3.86. The number of nitrogens with one attached hydrogen (secondary N) is 1. The first-order valence-corrected chi connectivity index (χ1v) is 8.21. The Balaban J connectivity index is 1.64. The van der Waals surface area contributed by atoms with E-state index in [9.17, 15) is 14.7 Å². The lowest BCUT2D eigenvalue weighted by Gasteiger charge is -2.14. The van der Waals surface area contributed by atoms with Crippen LogP contribution < -0.4 is 10.1 Å². The Bertz CT molecular complexity index is 771. The Morgan fingerprint density at radius 1 is 1.19 bits per heavy atom. The molecule has 0 aromatic heterocycles. The van der Waals surface area contributed by atoms with Gasteiger partial charge in [0.2, 0.25) is 0 Å². The lowest BCUT2D eigenvalue weighted by molar-refractivity contribution is 0.0697. The summed E-state index contributed by atoms with van der Waals surface area (Å²) in [6.07, 6.45) is -0.0608. The van der Waals surface area contributed by atoms with Crippen molar-refractivity contribution >= 4 is 17.7 Å². The molecule has 1 unspecified atom stereocenters. The molecule has 1 amide bonds. The zero-order valence-electron chi connectivity index (χ0n) is 14.0. The van der Waals surface area contributed by atoms with Gasteiger partial charge in [0.05, 0.1) is 24.5 Å². The molecule has 0 saturated carbocycles. The monoisotopic (exact) mass is 357 g/mol. The molecule has 1 saturated heterocycles. The molecule has 1 aliphatic rings. The van der Waals surface area contributed by atoms with Crippen LogP contribution >= 0.6 is 0 Å². The van der Waals surface area contributed by atoms with Crippen molar-refractivity contribution in [3.05, 3.63) is 59.7 Å². The third-order valence-electron chi connectivity index (χ3n) is 3.86. The maximum Gasteiger partial charge on any atom is 0.411 e. The van der Waals surface area contributed by atoms with E-state index in [0.717, 1.165) is 12.0 Å². The summed E-state index contributed by atoms with van der Waals surface area (Å²) >= 11 is 0. The number of hydrogen-bond donors (Lipinski definition) is 2. The number of carbonyl (C=O) groups excluding carboxylic acids is 1. The van der Waals surface area contributed by atoms with Crippen LogP contribution in [0.5, 0.6) is 5.75 Å². The molecule has 0 aliphatic carbocycles. The van der Waals surface area contributed by atoms with Gasteiger partial charge in [-0.3, -0.25) is 5.32 Å². The van der Waals surface area contributed by atoms with Crippen molar-refractivity contribution in [2.75, 3.05) is 18.5 Å². The predicted octanol–water partition coefficient (Wildman–Crippen LogP) is 3.30. The van der Waals surface area contributed by atoms with Gasteiger partial charge in [-0.25, -0.2) is 9.59 Å². The van der Waals surface area contributed by atoms with Crippen molar-refractivity contribution in [1.29, 1.82) is 0 Å². The normalized spacial score (nSPS) is 16.1. The number of carbonyl (C=O) groups is 2. The van der Waals surface area contributed by atoms with Crippen LogP contribution in [0.3, 0.4) is 0 Å². The SMILES string of the molecule is O=C(Nc1ccc(OC2CCOC2)cc1C(=O)O)OCc1ccccc1. The predicted molar refractivity (Wildman–Crippen MR) is 93.5 cm³/mol. The van der Waals surface area contributed by atoms with Crippen LogP contribution in [0.2, 0.25) is 0 Å². The van der Waals surface area contributed by atoms with E-state index in [1.807, 2.05) is 30.3 Å². The van der Waals surface area contributed by atoms with Gasteiger partial charge < -0.3 is 19.3 Å². The molecule has 2 aromatic carbocycles. The van der Waals surface area contributed by atoms with Gasteiger partial charge in [0.1, 0.15) is 18.5 Å². The first-order chi connectivity index (χ1) is 12.6. The zero-order chi connectivity index (χ0) is 18.4. The fourth-order valence-corrected chi connectivity index (χ4v) is 2.55. The van der Waals surface area contributed by atoms with Crippen LogP contribution in [0.15, 0.2) is 48.5 Å². The highest BCUT2D eigenvalue weighted by Crippen LogP contribution is 2.25. The van der Waals surface area contributed by atoms with Crippen molar-refractivity contribution in [2.24, 2.45) is 0 Å². The summed E-state index contributed by atoms with van der Waals surface area (Å²) in [6, 6.07) is 13.7. The molecule has 3 rings (SSSR count). The van der Waals surface area contributed by atoms with Gasteiger partial charge in [0.25, 0.3) is 0 Å². The van der Waals surface area contributed by atoms with E-state index < -0.39 is 12.1 Å². The minimum absolute atomic E-state index is 0.0712. The maximum absolute atomic E-state index is 12.0. The molecular weight excluding hydrogens is 338 g/mol. The molecule has 1 atom stereocenters. The smallest absolute Gasteiger partial charge is 0.411 e. The molecular formula is C19H19NO6. The summed E-state index contributed by atoms with van der Waals surface area (Å²) in [5.41, 5.74) is 0.910. The number of benzene rings is 2. The number of ether oxygens (including phenoxy) is 3. The van der Waals surface area contributed by atoms with Crippen molar-refractivity contribution < 1.29 is 28.9 Å². The van der Waals surface area contributed by atoms with Gasteiger partial charge in [0.15, 0.2) is 0 Å². The first kappa shape index (κ1) is 17.8. The molecule has 2 N–H and O–H groups in total. The molecule has 0 radical (unpaired) electrons. The van der Waals surface area contributed by atoms with Gasteiger partial charge in [-0.05, 0) is 23.8 Å². The fraction of sp³-hybridized carbons (Fsp3) is 0.263. The number of amides is 1. The molecule has 0 bridgehead atoms. The van der Waals surface area contributed by atoms with E-state index in [-0.39, 0.29) is 24.0 Å². The van der Waals surface area contributed by atoms with Crippen LogP contribution in [0.25, 0.3) is 0 Å². The quantitative estimate of drug-likeness (QED) is 0.824. The van der Waals surface area contributed by atoms with Gasteiger partial charge >= 0.3 is 12.1 Å². The van der Waals surface area contributed by atoms with Crippen LogP contribution in [0, 0.1) is 0 Å². The molecule has 26 heavy (non-hydrogen) atoms. The summed E-state index contributed by atoms with van der Waals surface area (Å²) in [4.78, 5) is 23.4. The van der Waals surface area contributed by atoms with Crippen LogP contribution in [-0.4, -0.2) is 36.5 Å². The summed E-state index contributed by atoms with van der Waals surface area (Å²) < 4.78 is 16.0. The number of rotatable bonds is 6. The van der Waals surface area contributed by atoms with E-state index in [4.69, 9.17) is 14.2 Å². The molecule has 136 valence electrons. The lowest BCUT2D eigenvalue weighted by atomic mass is 10.1. The summed E-state index contributed by atoms with van der Waals surface area (Å²) in [6.45, 7) is 1.20. The van der Waals surface area contributed by atoms with Gasteiger partial charge in [-0.2, -0.15) is 0 Å². The number of aromatic carboxylic acids is 1. The molecule has 0 spiro atoms. The second kappa shape index (κ2) is 8.35. The van der Waals surface area contributed by atoms with Crippen LogP contribution in [0.1, 0.15) is 22.3 Å². The van der Waals surface area contributed by atoms with Gasteiger partial charge in [-0.1, -0.05) is 30.3 Å². The van der Waals surface area contributed by atoms with E-state index in [0.29, 0.717) is 19.0 Å². The Hall–Kier alpha value is -3.06. The number of carboxylic acids is 1. The second-order valence-electron chi connectivity index (χ2n) is 5.80. The topological polar surface area (TPSA) is 94.1 Å². The Morgan fingerprint density at radius 3 is 2.69 bits per heavy atom. The zero-order valence-corrected chi connectivity index (χ0v) is 14.0. The largest absolute Gasteiger partial charge is 0.488 e. The number of hydrogen-bond acceptors (Lipinski definition) is 5. The second-order valence-corrected chi connectivity index (χ2v) is 5.80. The van der Waals surface area contributed by atoms with Gasteiger partial charge in [0, 0.05) is 6.42 Å². The summed E-state index contributed by atoms with van der Waals surface area (Å²) in [7, 11) is 0. The van der Waals surface area contributed by atoms with Crippen molar-refractivity contribution in [3.63, 3.8) is 0 Å². The first-order valence-electron chi connectivity index (χ1n) is 8.21. The van der Waals surface area contributed by atoms with E-state index in [2.05, 4.69) is 5.32 Å². The number of anilines is 1. The van der Waals surface area contributed by atoms with Gasteiger partial charge in [-0.15, -0.1) is 0 Å². The average Bonchev–Trinajstić information content (AvgIpc) is 3.15. The Labute approximate surface area is 150 Å². The molecule has 1 aliphatic heterocycles. The maximum atomic E-state index is 12.0. The molecule has 7 heteroatoms. The third kappa shape index (κ3) is 4.73. The minimum Gasteiger partial charge on any atom is -0.488 e. The molecule has 7 nitrogen and oxygen atoms in total. The van der Waals surface area contributed by atoms with Crippen molar-refractivity contribution in [2.45, 2.75) is 19.1 Å². The molecule has 1 heterocycles. The van der Waals surface area contributed by atoms with Crippen LogP contribution in [0.4, 0.5) is 10.5 Å². The van der Waals surface area contributed by atoms with Crippen molar-refractivity contribution in [1.82, 2.24) is 0 Å². The minimum atomic E-state index is -1.17.